The molecular formula is C40H28N2O. The second-order valence-electron chi connectivity index (χ2n) is 10.9. The molecule has 1 heterocycles. The molecule has 0 saturated heterocycles. The summed E-state index contributed by atoms with van der Waals surface area (Å²) < 4.78 is 1.71. The smallest absolute Gasteiger partial charge is 0.266 e. The molecule has 0 radical (unpaired) electrons. The van der Waals surface area contributed by atoms with E-state index in [4.69, 9.17) is 4.98 Å². The van der Waals surface area contributed by atoms with E-state index in [9.17, 15) is 4.79 Å². The fraction of sp³-hybridized carbons (Fsp3) is 0.0500. The van der Waals surface area contributed by atoms with Gasteiger partial charge in [0, 0.05) is 11.1 Å². The van der Waals surface area contributed by atoms with Crippen LogP contribution in [0.1, 0.15) is 33.6 Å². The molecule has 0 saturated carbocycles. The quantitative estimate of drug-likeness (QED) is 0.205. The molecular weight excluding hydrogens is 524 g/mol. The van der Waals surface area contributed by atoms with Crippen LogP contribution in [0.2, 0.25) is 0 Å². The van der Waals surface area contributed by atoms with Gasteiger partial charge in [-0.25, -0.2) is 4.98 Å². The molecule has 0 bridgehead atoms. The lowest BCUT2D eigenvalue weighted by Crippen LogP contribution is -2.23. The molecule has 204 valence electrons. The maximum Gasteiger partial charge on any atom is 0.266 e. The molecule has 43 heavy (non-hydrogen) atoms. The summed E-state index contributed by atoms with van der Waals surface area (Å²) in [6.45, 7) is 4.11. The average molecular weight is 553 g/mol. The van der Waals surface area contributed by atoms with Crippen molar-refractivity contribution >= 4 is 44.6 Å². The Bertz CT molecular complexity index is 2350. The fourth-order valence-electron chi connectivity index (χ4n) is 5.55. The summed E-state index contributed by atoms with van der Waals surface area (Å²) in [4.78, 5) is 18.8. The predicted molar refractivity (Wildman–Crippen MR) is 180 cm³/mol. The van der Waals surface area contributed by atoms with Gasteiger partial charge in [-0.15, -0.1) is 0 Å². The lowest BCUT2D eigenvalue weighted by atomic mass is 10.0. The normalized spacial score (nSPS) is 11.3. The first-order chi connectivity index (χ1) is 21.0. The molecule has 6 aromatic carbocycles. The van der Waals surface area contributed by atoms with Crippen molar-refractivity contribution in [2.45, 2.75) is 13.8 Å². The standard InChI is InChI=1S/C40H28N2O/c1-27-11-18-35-26-30(15-20-34(35)23-27)13-12-29-16-21-38(28(2)24-29)42-39(41-37-10-6-5-9-36(37)40(42)43)22-17-31-14-19-32-7-3-4-8-33(32)25-31/h3-11,14-26H,1-2H3/b22-17+. The second kappa shape index (κ2) is 10.9. The summed E-state index contributed by atoms with van der Waals surface area (Å²) in [5.41, 5.74) is 6.45. The highest BCUT2D eigenvalue weighted by molar-refractivity contribution is 5.87. The Labute approximate surface area is 250 Å². The van der Waals surface area contributed by atoms with Crippen LogP contribution in [0.4, 0.5) is 0 Å². The van der Waals surface area contributed by atoms with E-state index in [1.54, 1.807) is 4.57 Å². The minimum atomic E-state index is -0.0999. The van der Waals surface area contributed by atoms with E-state index in [-0.39, 0.29) is 5.56 Å². The number of hydrogen-bond acceptors (Lipinski definition) is 2. The number of aromatic nitrogens is 2. The van der Waals surface area contributed by atoms with E-state index < -0.39 is 0 Å². The van der Waals surface area contributed by atoms with Gasteiger partial charge in [-0.05, 0) is 101 Å². The molecule has 0 N–H and O–H groups in total. The van der Waals surface area contributed by atoms with E-state index in [1.807, 2.05) is 73.7 Å². The zero-order valence-electron chi connectivity index (χ0n) is 24.0. The number of rotatable bonds is 3. The molecule has 0 spiro atoms. The van der Waals surface area contributed by atoms with Crippen molar-refractivity contribution in [1.29, 1.82) is 0 Å². The van der Waals surface area contributed by atoms with Crippen molar-refractivity contribution in [2.24, 2.45) is 0 Å². The van der Waals surface area contributed by atoms with Crippen LogP contribution in [0.5, 0.6) is 0 Å². The van der Waals surface area contributed by atoms with Crippen LogP contribution in [-0.2, 0) is 0 Å². The van der Waals surface area contributed by atoms with Crippen LogP contribution in [0, 0.1) is 25.7 Å². The Morgan fingerprint density at radius 1 is 0.628 bits per heavy atom. The van der Waals surface area contributed by atoms with Crippen LogP contribution < -0.4 is 5.56 Å². The third kappa shape index (κ3) is 5.23. The van der Waals surface area contributed by atoms with Gasteiger partial charge in [0.15, 0.2) is 0 Å². The average Bonchev–Trinajstić information content (AvgIpc) is 3.03. The van der Waals surface area contributed by atoms with Gasteiger partial charge < -0.3 is 0 Å². The van der Waals surface area contributed by atoms with Crippen molar-refractivity contribution in [1.82, 2.24) is 9.55 Å². The van der Waals surface area contributed by atoms with Gasteiger partial charge >= 0.3 is 0 Å². The first kappa shape index (κ1) is 26.2. The van der Waals surface area contributed by atoms with Gasteiger partial charge in [0.1, 0.15) is 5.82 Å². The van der Waals surface area contributed by atoms with Crippen molar-refractivity contribution in [3.8, 4) is 17.5 Å². The zero-order valence-corrected chi connectivity index (χ0v) is 24.0. The van der Waals surface area contributed by atoms with Crippen LogP contribution in [-0.4, -0.2) is 9.55 Å². The summed E-state index contributed by atoms with van der Waals surface area (Å²) in [6, 6.07) is 40.8. The Hall–Kier alpha value is -5.72. The highest BCUT2D eigenvalue weighted by Gasteiger charge is 2.13. The SMILES string of the molecule is Cc1ccc2cc(C#Cc3ccc(-n4c(/C=C/c5ccc6ccccc6c5)nc5ccccc5c4=O)c(C)c3)ccc2c1. The third-order valence-corrected chi connectivity index (χ3v) is 7.78. The molecule has 7 rings (SSSR count). The Balaban J connectivity index is 1.28. The monoisotopic (exact) mass is 552 g/mol. The van der Waals surface area contributed by atoms with Gasteiger partial charge in [0.05, 0.1) is 16.6 Å². The molecule has 0 aliphatic carbocycles. The molecule has 0 fully saturated rings. The van der Waals surface area contributed by atoms with Crippen LogP contribution in [0.25, 0.3) is 50.3 Å². The van der Waals surface area contributed by atoms with E-state index in [0.717, 1.165) is 27.9 Å². The van der Waals surface area contributed by atoms with Gasteiger partial charge in [-0.2, -0.15) is 0 Å². The molecule has 0 aliphatic rings. The second-order valence-corrected chi connectivity index (χ2v) is 10.9. The van der Waals surface area contributed by atoms with Crippen LogP contribution >= 0.6 is 0 Å². The molecule has 3 heteroatoms. The van der Waals surface area contributed by atoms with E-state index >= 15 is 0 Å². The van der Waals surface area contributed by atoms with E-state index in [0.29, 0.717) is 16.7 Å². The minimum Gasteiger partial charge on any atom is -0.268 e. The minimum absolute atomic E-state index is 0.0999. The van der Waals surface area contributed by atoms with Gasteiger partial charge in [-0.3, -0.25) is 9.36 Å². The highest BCUT2D eigenvalue weighted by atomic mass is 16.1. The van der Waals surface area contributed by atoms with Gasteiger partial charge in [0.25, 0.3) is 5.56 Å². The van der Waals surface area contributed by atoms with Gasteiger partial charge in [0.2, 0.25) is 0 Å². The van der Waals surface area contributed by atoms with E-state index in [2.05, 4.69) is 85.5 Å². The number of fused-ring (bicyclic) bond motifs is 3. The first-order valence-electron chi connectivity index (χ1n) is 14.3. The van der Waals surface area contributed by atoms with Crippen molar-refractivity contribution in [2.75, 3.05) is 0 Å². The predicted octanol–water partition coefficient (Wildman–Crippen LogP) is 8.88. The fourth-order valence-corrected chi connectivity index (χ4v) is 5.55. The van der Waals surface area contributed by atoms with E-state index in [1.165, 1.54) is 27.1 Å². The summed E-state index contributed by atoms with van der Waals surface area (Å²) in [6.07, 6.45) is 3.94. The number of para-hydroxylation sites is 1. The molecule has 0 amide bonds. The summed E-state index contributed by atoms with van der Waals surface area (Å²) in [7, 11) is 0. The van der Waals surface area contributed by atoms with Crippen molar-refractivity contribution in [3.05, 3.63) is 165 Å². The van der Waals surface area contributed by atoms with Crippen molar-refractivity contribution in [3.63, 3.8) is 0 Å². The third-order valence-electron chi connectivity index (χ3n) is 7.78. The first-order valence-corrected chi connectivity index (χ1v) is 14.3. The molecule has 7 aromatic rings. The Morgan fingerprint density at radius 3 is 2.16 bits per heavy atom. The largest absolute Gasteiger partial charge is 0.268 e. The van der Waals surface area contributed by atoms with Crippen LogP contribution in [0.3, 0.4) is 0 Å². The Kier molecular flexibility index (Phi) is 6.66. The lowest BCUT2D eigenvalue weighted by molar-refractivity contribution is 0.934. The Morgan fingerprint density at radius 2 is 1.30 bits per heavy atom. The summed E-state index contributed by atoms with van der Waals surface area (Å²) >= 11 is 0. The van der Waals surface area contributed by atoms with Gasteiger partial charge in [-0.1, -0.05) is 96.3 Å². The molecule has 3 nitrogen and oxygen atoms in total. The number of nitrogens with zero attached hydrogens (tertiary/aromatic N) is 2. The summed E-state index contributed by atoms with van der Waals surface area (Å²) in [5, 5.41) is 5.33. The zero-order chi connectivity index (χ0) is 29.3. The van der Waals surface area contributed by atoms with Crippen molar-refractivity contribution < 1.29 is 0 Å². The topological polar surface area (TPSA) is 34.9 Å². The summed E-state index contributed by atoms with van der Waals surface area (Å²) in [5.74, 6) is 7.19. The number of aryl methyl sites for hydroxylation is 2. The number of hydrogen-bond donors (Lipinski definition) is 0. The maximum absolute atomic E-state index is 13.9. The highest BCUT2D eigenvalue weighted by Crippen LogP contribution is 2.22. The maximum atomic E-state index is 13.9. The van der Waals surface area contributed by atoms with Crippen LogP contribution in [0.15, 0.2) is 126 Å². The molecule has 0 unspecified atom stereocenters. The number of benzene rings is 6. The lowest BCUT2D eigenvalue weighted by Gasteiger charge is -2.14. The molecule has 0 atom stereocenters. The molecule has 0 aliphatic heterocycles. The molecule has 1 aromatic heterocycles.